The third-order valence-electron chi connectivity index (χ3n) is 4.10. The first-order valence-corrected chi connectivity index (χ1v) is 10.4. The van der Waals surface area contributed by atoms with E-state index in [1.807, 2.05) is 32.0 Å². The molecular weight excluding hydrogens is 469 g/mol. The second kappa shape index (κ2) is 10.9. The molecule has 2 rings (SSSR count). The van der Waals surface area contributed by atoms with Crippen molar-refractivity contribution < 1.29 is 14.3 Å². The van der Waals surface area contributed by atoms with Gasteiger partial charge in [-0.2, -0.15) is 0 Å². The monoisotopic (exact) mass is 489 g/mol. The lowest BCUT2D eigenvalue weighted by atomic mass is 10.1. The number of carbonyl (C=O) groups is 1. The maximum Gasteiger partial charge on any atom is 0.259 e. The molecule has 0 heterocycles. The second-order valence-electron chi connectivity index (χ2n) is 6.40. The highest BCUT2D eigenvalue weighted by Crippen LogP contribution is 2.29. The Morgan fingerprint density at radius 2 is 1.67 bits per heavy atom. The largest absolute Gasteiger partial charge is 0.497 e. The number of hydrogen-bond donors (Lipinski definition) is 3. The van der Waals surface area contributed by atoms with Crippen LogP contribution < -0.4 is 25.4 Å². The van der Waals surface area contributed by atoms with Gasteiger partial charge in [0.05, 0.1) is 7.11 Å². The maximum absolute atomic E-state index is 12.3. The van der Waals surface area contributed by atoms with E-state index in [1.54, 1.807) is 31.4 Å². The first-order valence-electron chi connectivity index (χ1n) is 8.86. The number of halogens is 3. The summed E-state index contributed by atoms with van der Waals surface area (Å²) in [5, 5.41) is 8.56. The minimum absolute atomic E-state index is 0.186. The predicted molar refractivity (Wildman–Crippen MR) is 126 cm³/mol. The molecule has 162 valence electrons. The van der Waals surface area contributed by atoms with Gasteiger partial charge in [0, 0.05) is 5.69 Å². The summed E-state index contributed by atoms with van der Waals surface area (Å²) >= 11 is 23.3. The van der Waals surface area contributed by atoms with Crippen molar-refractivity contribution in [1.29, 1.82) is 0 Å². The number of amides is 1. The number of anilines is 1. The molecule has 0 bridgehead atoms. The molecule has 10 heteroatoms. The van der Waals surface area contributed by atoms with Gasteiger partial charge < -0.3 is 25.4 Å². The molecule has 0 saturated heterocycles. The minimum atomic E-state index is -1.86. The van der Waals surface area contributed by atoms with Gasteiger partial charge in [0.25, 0.3) is 5.91 Å². The molecule has 0 unspecified atom stereocenters. The topological polar surface area (TPSA) is 71.6 Å². The van der Waals surface area contributed by atoms with Crippen molar-refractivity contribution in [1.82, 2.24) is 10.6 Å². The number of rotatable bonds is 7. The van der Waals surface area contributed by atoms with Crippen LogP contribution in [0.15, 0.2) is 42.5 Å². The van der Waals surface area contributed by atoms with Gasteiger partial charge in [-0.15, -0.1) is 0 Å². The minimum Gasteiger partial charge on any atom is -0.497 e. The molecule has 30 heavy (non-hydrogen) atoms. The molecule has 0 aromatic heterocycles. The summed E-state index contributed by atoms with van der Waals surface area (Å²) in [7, 11) is 1.56. The molecule has 0 spiro atoms. The third kappa shape index (κ3) is 7.72. The normalized spacial score (nSPS) is 11.9. The van der Waals surface area contributed by atoms with Crippen LogP contribution >= 0.6 is 47.0 Å². The van der Waals surface area contributed by atoms with Crippen molar-refractivity contribution >= 4 is 63.7 Å². The summed E-state index contributed by atoms with van der Waals surface area (Å²) in [6, 6.07) is 12.6. The zero-order valence-electron chi connectivity index (χ0n) is 16.6. The molecule has 1 amide bonds. The average Bonchev–Trinajstić information content (AvgIpc) is 2.68. The summed E-state index contributed by atoms with van der Waals surface area (Å²) in [6.45, 7) is 3.73. The van der Waals surface area contributed by atoms with Gasteiger partial charge in [0.2, 0.25) is 3.79 Å². The Morgan fingerprint density at radius 1 is 1.03 bits per heavy atom. The molecule has 2 aromatic rings. The number of aryl methyl sites for hydroxylation is 2. The molecular formula is C20H22Cl3N3O3S. The van der Waals surface area contributed by atoms with E-state index in [0.29, 0.717) is 11.5 Å². The molecule has 0 fully saturated rings. The third-order valence-corrected chi connectivity index (χ3v) is 4.98. The van der Waals surface area contributed by atoms with E-state index in [-0.39, 0.29) is 11.7 Å². The van der Waals surface area contributed by atoms with E-state index in [9.17, 15) is 4.79 Å². The Labute approximate surface area is 196 Å². The summed E-state index contributed by atoms with van der Waals surface area (Å²) < 4.78 is 8.65. The first-order chi connectivity index (χ1) is 14.1. The fourth-order valence-corrected chi connectivity index (χ4v) is 2.90. The van der Waals surface area contributed by atoms with Gasteiger partial charge in [0.1, 0.15) is 17.7 Å². The van der Waals surface area contributed by atoms with E-state index < -0.39 is 15.9 Å². The lowest BCUT2D eigenvalue weighted by molar-refractivity contribution is -0.123. The molecule has 0 saturated carbocycles. The van der Waals surface area contributed by atoms with E-state index >= 15 is 0 Å². The fourth-order valence-electron chi connectivity index (χ4n) is 2.34. The first kappa shape index (κ1) is 24.3. The molecule has 3 N–H and O–H groups in total. The van der Waals surface area contributed by atoms with Crippen molar-refractivity contribution in [2.45, 2.75) is 23.8 Å². The van der Waals surface area contributed by atoms with Crippen LogP contribution in [0.3, 0.4) is 0 Å². The maximum atomic E-state index is 12.3. The van der Waals surface area contributed by atoms with Crippen LogP contribution in [0, 0.1) is 13.8 Å². The Hall–Kier alpha value is -1.93. The summed E-state index contributed by atoms with van der Waals surface area (Å²) in [6.07, 6.45) is -1.08. The van der Waals surface area contributed by atoms with Gasteiger partial charge in [-0.1, -0.05) is 40.9 Å². The van der Waals surface area contributed by atoms with Crippen LogP contribution in [0.4, 0.5) is 5.69 Å². The number of hydrogen-bond acceptors (Lipinski definition) is 4. The van der Waals surface area contributed by atoms with Crippen LogP contribution in [-0.2, 0) is 4.79 Å². The number of methoxy groups -OCH3 is 1. The molecule has 0 aliphatic carbocycles. The van der Waals surface area contributed by atoms with Gasteiger partial charge in [-0.3, -0.25) is 4.79 Å². The number of ether oxygens (including phenoxy) is 2. The predicted octanol–water partition coefficient (Wildman–Crippen LogP) is 4.49. The molecule has 0 aliphatic heterocycles. The Balaban J connectivity index is 1.93. The number of nitrogens with one attached hydrogen (secondary N) is 3. The fraction of sp³-hybridized carbons (Fsp3) is 0.300. The van der Waals surface area contributed by atoms with Gasteiger partial charge >= 0.3 is 0 Å². The van der Waals surface area contributed by atoms with Gasteiger partial charge in [-0.25, -0.2) is 0 Å². The SMILES string of the molecule is COc1ccc(OCC(=O)N[C@H](NC(=S)Nc2ccc(C)c(C)c2)C(Cl)(Cl)Cl)cc1. The highest BCUT2D eigenvalue weighted by molar-refractivity contribution is 7.80. The number of carbonyl (C=O) groups excluding carboxylic acids is 1. The summed E-state index contributed by atoms with van der Waals surface area (Å²) in [4.78, 5) is 12.3. The van der Waals surface area contributed by atoms with Crippen LogP contribution in [-0.4, -0.2) is 34.7 Å². The second-order valence-corrected chi connectivity index (χ2v) is 9.18. The smallest absolute Gasteiger partial charge is 0.259 e. The van der Waals surface area contributed by atoms with Crippen LogP contribution in [0.25, 0.3) is 0 Å². The van der Waals surface area contributed by atoms with E-state index in [1.165, 1.54) is 0 Å². The van der Waals surface area contributed by atoms with Crippen molar-refractivity contribution in [3.05, 3.63) is 53.6 Å². The average molecular weight is 491 g/mol. The lowest BCUT2D eigenvalue weighted by Gasteiger charge is -2.27. The van der Waals surface area contributed by atoms with E-state index in [0.717, 1.165) is 16.8 Å². The zero-order chi connectivity index (χ0) is 22.3. The van der Waals surface area contributed by atoms with Crippen molar-refractivity contribution in [3.8, 4) is 11.5 Å². The quantitative estimate of drug-likeness (QED) is 0.302. The number of thiocarbonyl (C=S) groups is 1. The highest BCUT2D eigenvalue weighted by atomic mass is 35.6. The summed E-state index contributed by atoms with van der Waals surface area (Å²) in [5.41, 5.74) is 3.03. The van der Waals surface area contributed by atoms with E-state index in [4.69, 9.17) is 56.5 Å². The summed E-state index contributed by atoms with van der Waals surface area (Å²) in [5.74, 6) is 0.678. The lowest BCUT2D eigenvalue weighted by Crippen LogP contribution is -2.56. The van der Waals surface area contributed by atoms with Crippen LogP contribution in [0.5, 0.6) is 11.5 Å². The van der Waals surface area contributed by atoms with E-state index in [2.05, 4.69) is 16.0 Å². The van der Waals surface area contributed by atoms with Crippen LogP contribution in [0.1, 0.15) is 11.1 Å². The number of benzene rings is 2. The number of alkyl halides is 3. The van der Waals surface area contributed by atoms with Crippen molar-refractivity contribution in [3.63, 3.8) is 0 Å². The molecule has 1 atom stereocenters. The van der Waals surface area contributed by atoms with Crippen molar-refractivity contribution in [2.75, 3.05) is 19.0 Å². The Bertz CT molecular complexity index is 889. The molecule has 0 radical (unpaired) electrons. The van der Waals surface area contributed by atoms with Gasteiger partial charge in [0.15, 0.2) is 11.7 Å². The standard InChI is InChI=1S/C20H22Cl3N3O3S/c1-12-4-5-14(10-13(12)2)24-19(30)26-18(20(21,22)23)25-17(27)11-29-16-8-6-15(28-3)7-9-16/h4-10,18H,11H2,1-3H3,(H,25,27)(H2,24,26,30)/t18-/m1/s1. The zero-order valence-corrected chi connectivity index (χ0v) is 19.7. The molecule has 6 nitrogen and oxygen atoms in total. The highest BCUT2D eigenvalue weighted by Gasteiger charge is 2.34. The van der Waals surface area contributed by atoms with Gasteiger partial charge in [-0.05, 0) is 73.6 Å². The van der Waals surface area contributed by atoms with Crippen LogP contribution in [0.2, 0.25) is 0 Å². The Morgan fingerprint density at radius 3 is 2.23 bits per heavy atom. The van der Waals surface area contributed by atoms with Crippen molar-refractivity contribution in [2.24, 2.45) is 0 Å². The molecule has 0 aliphatic rings. The molecule has 2 aromatic carbocycles. The Kier molecular flexibility index (Phi) is 8.85.